The molecule has 0 radical (unpaired) electrons. The topological polar surface area (TPSA) is 73.4 Å². The largest absolute Gasteiger partial charge is 0.497 e. The number of aromatic amines is 1. The van der Waals surface area contributed by atoms with Gasteiger partial charge in [-0.05, 0) is 42.5 Å². The number of carbonyl (C=O) groups excluding carboxylic acids is 1. The third-order valence-corrected chi connectivity index (χ3v) is 4.55. The van der Waals surface area contributed by atoms with Crippen molar-refractivity contribution in [3.8, 4) is 22.8 Å². The van der Waals surface area contributed by atoms with Gasteiger partial charge in [0.05, 0.1) is 38.1 Å². The van der Waals surface area contributed by atoms with Crippen LogP contribution < -0.4 is 9.47 Å². The third kappa shape index (κ3) is 2.85. The molecule has 4 rings (SSSR count). The molecule has 0 saturated carbocycles. The number of ether oxygens (including phenoxy) is 3. The second-order valence-corrected chi connectivity index (χ2v) is 6.04. The average molecular weight is 362 g/mol. The van der Waals surface area contributed by atoms with E-state index in [0.29, 0.717) is 5.69 Å². The van der Waals surface area contributed by atoms with Crippen molar-refractivity contribution in [1.82, 2.24) is 9.97 Å². The van der Waals surface area contributed by atoms with Gasteiger partial charge < -0.3 is 19.2 Å². The van der Waals surface area contributed by atoms with Gasteiger partial charge in [-0.2, -0.15) is 0 Å². The van der Waals surface area contributed by atoms with Gasteiger partial charge in [-0.15, -0.1) is 0 Å². The van der Waals surface area contributed by atoms with Crippen molar-refractivity contribution in [2.75, 3.05) is 21.3 Å². The quantitative estimate of drug-likeness (QED) is 0.551. The molecule has 0 fully saturated rings. The van der Waals surface area contributed by atoms with E-state index >= 15 is 0 Å². The molecule has 6 nitrogen and oxygen atoms in total. The standard InChI is InChI=1S/C21H18N2O4/c1-25-13-6-4-12(5-7-13)19-20-16(11-18(23-19)21(24)27-3)15-9-8-14(26-2)10-17(15)22-20/h4-11,22H,1-3H3. The summed E-state index contributed by atoms with van der Waals surface area (Å²) in [5, 5.41) is 1.88. The minimum Gasteiger partial charge on any atom is -0.497 e. The Hall–Kier alpha value is -3.54. The fourth-order valence-electron chi connectivity index (χ4n) is 3.17. The molecule has 0 spiro atoms. The van der Waals surface area contributed by atoms with E-state index in [1.165, 1.54) is 7.11 Å². The first-order valence-electron chi connectivity index (χ1n) is 8.38. The number of rotatable bonds is 4. The third-order valence-electron chi connectivity index (χ3n) is 4.55. The smallest absolute Gasteiger partial charge is 0.356 e. The number of aromatic nitrogens is 2. The maximum absolute atomic E-state index is 12.2. The number of hydrogen-bond donors (Lipinski definition) is 1. The second-order valence-electron chi connectivity index (χ2n) is 6.04. The molecule has 4 aromatic rings. The van der Waals surface area contributed by atoms with Crippen LogP contribution in [0, 0.1) is 0 Å². The highest BCUT2D eigenvalue weighted by Gasteiger charge is 2.17. The number of fused-ring (bicyclic) bond motifs is 3. The zero-order chi connectivity index (χ0) is 19.0. The molecule has 136 valence electrons. The van der Waals surface area contributed by atoms with Crippen LogP contribution in [0.25, 0.3) is 33.1 Å². The lowest BCUT2D eigenvalue weighted by atomic mass is 10.1. The van der Waals surface area contributed by atoms with Crippen molar-refractivity contribution >= 4 is 27.8 Å². The Morgan fingerprint density at radius 1 is 0.889 bits per heavy atom. The number of carbonyl (C=O) groups is 1. The molecular weight excluding hydrogens is 344 g/mol. The van der Waals surface area contributed by atoms with Crippen molar-refractivity contribution in [1.29, 1.82) is 0 Å². The number of benzene rings is 2. The Morgan fingerprint density at radius 3 is 2.26 bits per heavy atom. The molecular formula is C21H18N2O4. The molecule has 0 unspecified atom stereocenters. The Kier molecular flexibility index (Phi) is 4.16. The van der Waals surface area contributed by atoms with Crippen LogP contribution in [0.15, 0.2) is 48.5 Å². The van der Waals surface area contributed by atoms with Crippen LogP contribution >= 0.6 is 0 Å². The van der Waals surface area contributed by atoms with Crippen molar-refractivity contribution in [2.24, 2.45) is 0 Å². The van der Waals surface area contributed by atoms with Crippen molar-refractivity contribution in [3.63, 3.8) is 0 Å². The van der Waals surface area contributed by atoms with E-state index in [1.54, 1.807) is 20.3 Å². The molecule has 0 aliphatic rings. The molecule has 0 aliphatic carbocycles. The van der Waals surface area contributed by atoms with E-state index in [2.05, 4.69) is 9.97 Å². The number of pyridine rings is 1. The van der Waals surface area contributed by atoms with Crippen molar-refractivity contribution in [2.45, 2.75) is 0 Å². The van der Waals surface area contributed by atoms with Crippen LogP contribution in [0.4, 0.5) is 0 Å². The van der Waals surface area contributed by atoms with Crippen LogP contribution in [0.3, 0.4) is 0 Å². The van der Waals surface area contributed by atoms with Crippen LogP contribution in [0.2, 0.25) is 0 Å². The molecule has 27 heavy (non-hydrogen) atoms. The van der Waals surface area contributed by atoms with Gasteiger partial charge in [0, 0.05) is 22.4 Å². The average Bonchev–Trinajstić information content (AvgIpc) is 3.10. The number of methoxy groups -OCH3 is 3. The van der Waals surface area contributed by atoms with Crippen molar-refractivity contribution < 1.29 is 19.0 Å². The number of esters is 1. The summed E-state index contributed by atoms with van der Waals surface area (Å²) in [4.78, 5) is 20.1. The highest BCUT2D eigenvalue weighted by molar-refractivity contribution is 6.13. The number of nitrogens with one attached hydrogen (secondary N) is 1. The summed E-state index contributed by atoms with van der Waals surface area (Å²) in [6.45, 7) is 0. The van der Waals surface area contributed by atoms with E-state index in [9.17, 15) is 4.79 Å². The summed E-state index contributed by atoms with van der Waals surface area (Å²) in [5.41, 5.74) is 3.54. The van der Waals surface area contributed by atoms with Gasteiger partial charge in [-0.1, -0.05) is 0 Å². The minimum atomic E-state index is -0.477. The highest BCUT2D eigenvalue weighted by atomic mass is 16.5. The molecule has 0 saturated heterocycles. The first kappa shape index (κ1) is 16.9. The lowest BCUT2D eigenvalue weighted by Gasteiger charge is -2.07. The zero-order valence-corrected chi connectivity index (χ0v) is 15.2. The molecule has 2 heterocycles. The molecule has 0 bridgehead atoms. The Balaban J connectivity index is 2.03. The highest BCUT2D eigenvalue weighted by Crippen LogP contribution is 2.34. The summed E-state index contributed by atoms with van der Waals surface area (Å²) in [6.07, 6.45) is 0. The normalized spacial score (nSPS) is 10.9. The minimum absolute atomic E-state index is 0.257. The fraction of sp³-hybridized carbons (Fsp3) is 0.143. The summed E-state index contributed by atoms with van der Waals surface area (Å²) < 4.78 is 15.4. The van der Waals surface area contributed by atoms with E-state index in [0.717, 1.165) is 38.9 Å². The van der Waals surface area contributed by atoms with Gasteiger partial charge in [-0.3, -0.25) is 0 Å². The van der Waals surface area contributed by atoms with Gasteiger partial charge in [0.1, 0.15) is 17.2 Å². The first-order valence-corrected chi connectivity index (χ1v) is 8.38. The zero-order valence-electron chi connectivity index (χ0n) is 15.2. The summed E-state index contributed by atoms with van der Waals surface area (Å²) in [5.74, 6) is 1.02. The number of nitrogens with zero attached hydrogens (tertiary/aromatic N) is 1. The molecule has 0 aliphatic heterocycles. The molecule has 0 amide bonds. The predicted molar refractivity (Wildman–Crippen MR) is 103 cm³/mol. The molecule has 2 aromatic carbocycles. The van der Waals surface area contributed by atoms with Gasteiger partial charge in [0.25, 0.3) is 0 Å². The maximum atomic E-state index is 12.2. The first-order chi connectivity index (χ1) is 13.1. The number of H-pyrrole nitrogens is 1. The lowest BCUT2D eigenvalue weighted by molar-refractivity contribution is 0.0594. The van der Waals surface area contributed by atoms with E-state index in [1.807, 2.05) is 42.5 Å². The summed E-state index contributed by atoms with van der Waals surface area (Å²) in [6, 6.07) is 15.1. The van der Waals surface area contributed by atoms with Crippen LogP contribution in [0.1, 0.15) is 10.5 Å². The van der Waals surface area contributed by atoms with Gasteiger partial charge in [-0.25, -0.2) is 9.78 Å². The Labute approximate surface area is 155 Å². The van der Waals surface area contributed by atoms with Gasteiger partial charge in [0.15, 0.2) is 0 Å². The Bertz CT molecular complexity index is 1150. The van der Waals surface area contributed by atoms with Gasteiger partial charge in [0.2, 0.25) is 0 Å². The molecule has 2 aromatic heterocycles. The van der Waals surface area contributed by atoms with Crippen LogP contribution in [0.5, 0.6) is 11.5 Å². The van der Waals surface area contributed by atoms with E-state index in [4.69, 9.17) is 14.2 Å². The Morgan fingerprint density at radius 2 is 1.59 bits per heavy atom. The maximum Gasteiger partial charge on any atom is 0.356 e. The van der Waals surface area contributed by atoms with E-state index in [-0.39, 0.29) is 5.69 Å². The molecule has 6 heteroatoms. The molecule has 0 atom stereocenters. The lowest BCUT2D eigenvalue weighted by Crippen LogP contribution is -2.05. The van der Waals surface area contributed by atoms with Crippen molar-refractivity contribution in [3.05, 3.63) is 54.2 Å². The SMILES string of the molecule is COC(=O)c1cc2c([nH]c3cc(OC)ccc32)c(-c2ccc(OC)cc2)n1. The van der Waals surface area contributed by atoms with E-state index < -0.39 is 5.97 Å². The predicted octanol–water partition coefficient (Wildman–Crippen LogP) is 4.19. The fourth-order valence-corrected chi connectivity index (χ4v) is 3.17. The van der Waals surface area contributed by atoms with Crippen LogP contribution in [-0.4, -0.2) is 37.3 Å². The van der Waals surface area contributed by atoms with Gasteiger partial charge >= 0.3 is 5.97 Å². The van der Waals surface area contributed by atoms with Crippen LogP contribution in [-0.2, 0) is 4.74 Å². The summed E-state index contributed by atoms with van der Waals surface area (Å²) >= 11 is 0. The monoisotopic (exact) mass is 362 g/mol. The second kappa shape index (κ2) is 6.64. The number of hydrogen-bond acceptors (Lipinski definition) is 5. The molecule has 1 N–H and O–H groups in total. The summed E-state index contributed by atoms with van der Waals surface area (Å²) in [7, 11) is 4.60.